The number of nitrogens with one attached hydrogen (secondary N) is 1. The van der Waals surface area contributed by atoms with Crippen LogP contribution in [-0.4, -0.2) is 30.0 Å². The summed E-state index contributed by atoms with van der Waals surface area (Å²) in [6.45, 7) is 6.24. The van der Waals surface area contributed by atoms with Gasteiger partial charge in [-0.25, -0.2) is 0 Å². The Labute approximate surface area is 91.2 Å². The minimum atomic E-state index is -0.552. The van der Waals surface area contributed by atoms with Gasteiger partial charge in [-0.15, -0.1) is 0 Å². The Morgan fingerprint density at radius 2 is 2.14 bits per heavy atom. The fraction of sp³-hybridized carbons (Fsp3) is 0.900. The van der Waals surface area contributed by atoms with E-state index in [1.807, 2.05) is 18.7 Å². The summed E-state index contributed by atoms with van der Waals surface area (Å²) in [6.07, 6.45) is 0.788. The molecular weight excluding hydrogens is 196 g/mol. The highest BCUT2D eigenvalue weighted by Gasteiger charge is 2.27. The van der Waals surface area contributed by atoms with Crippen LogP contribution in [0.5, 0.6) is 0 Å². The summed E-state index contributed by atoms with van der Waals surface area (Å²) in [6, 6.07) is 0. The molecule has 1 atom stereocenters. The van der Waals surface area contributed by atoms with Crippen molar-refractivity contribution in [1.82, 2.24) is 5.32 Å². The molecule has 0 aliphatic rings. The third kappa shape index (κ3) is 4.86. The third-order valence-electron chi connectivity index (χ3n) is 2.29. The summed E-state index contributed by atoms with van der Waals surface area (Å²) in [4.78, 5) is 11.1. The lowest BCUT2D eigenvalue weighted by Crippen LogP contribution is -2.51. The molecule has 1 amide bonds. The van der Waals surface area contributed by atoms with Crippen LogP contribution in [0, 0.1) is 5.92 Å². The lowest BCUT2D eigenvalue weighted by molar-refractivity contribution is -0.123. The third-order valence-corrected chi connectivity index (χ3v) is 3.69. The highest BCUT2D eigenvalue weighted by Crippen LogP contribution is 2.15. The highest BCUT2D eigenvalue weighted by atomic mass is 32.2. The van der Waals surface area contributed by atoms with Gasteiger partial charge in [0, 0.05) is 0 Å². The zero-order valence-corrected chi connectivity index (χ0v) is 10.4. The van der Waals surface area contributed by atoms with Crippen LogP contribution in [-0.2, 0) is 4.79 Å². The average molecular weight is 218 g/mol. The predicted molar refractivity (Wildman–Crippen MR) is 63.4 cm³/mol. The van der Waals surface area contributed by atoms with Crippen LogP contribution in [0.2, 0.25) is 0 Å². The van der Waals surface area contributed by atoms with Gasteiger partial charge in [0.1, 0.15) is 0 Å². The van der Waals surface area contributed by atoms with E-state index in [4.69, 9.17) is 5.73 Å². The first-order valence-electron chi connectivity index (χ1n) is 4.99. The number of hydrogen-bond acceptors (Lipinski definition) is 3. The molecule has 0 aromatic heterocycles. The van der Waals surface area contributed by atoms with Crippen LogP contribution in [0.15, 0.2) is 0 Å². The second-order valence-electron chi connectivity index (χ2n) is 4.17. The Morgan fingerprint density at radius 3 is 2.50 bits per heavy atom. The molecule has 0 rings (SSSR count). The Bertz CT molecular complexity index is 185. The van der Waals surface area contributed by atoms with Gasteiger partial charge in [0.25, 0.3) is 0 Å². The van der Waals surface area contributed by atoms with Crippen molar-refractivity contribution < 1.29 is 4.79 Å². The summed E-state index contributed by atoms with van der Waals surface area (Å²) in [5.74, 6) is 2.54. The smallest absolute Gasteiger partial charge is 0.237 e. The molecule has 84 valence electrons. The van der Waals surface area contributed by atoms with Crippen molar-refractivity contribution in [3.05, 3.63) is 0 Å². The van der Waals surface area contributed by atoms with Crippen molar-refractivity contribution in [3.63, 3.8) is 0 Å². The minimum absolute atomic E-state index is 0.273. The highest BCUT2D eigenvalue weighted by molar-refractivity contribution is 7.99. The van der Waals surface area contributed by atoms with Gasteiger partial charge in [0.15, 0.2) is 0 Å². The van der Waals surface area contributed by atoms with Crippen LogP contribution in [0.1, 0.15) is 27.2 Å². The maximum Gasteiger partial charge on any atom is 0.237 e. The number of carbonyl (C=O) groups is 1. The van der Waals surface area contributed by atoms with Crippen molar-refractivity contribution >= 4 is 17.7 Å². The summed E-state index contributed by atoms with van der Waals surface area (Å²) < 4.78 is 0. The van der Waals surface area contributed by atoms with Gasteiger partial charge >= 0.3 is 0 Å². The number of hydrogen-bond donors (Lipinski definition) is 2. The summed E-state index contributed by atoms with van der Waals surface area (Å²) in [7, 11) is 1.78. The maximum atomic E-state index is 11.1. The molecule has 0 aromatic carbocycles. The zero-order chi connectivity index (χ0) is 11.2. The molecule has 0 radical (unpaired) electrons. The van der Waals surface area contributed by atoms with Crippen LogP contribution in [0.25, 0.3) is 0 Å². The van der Waals surface area contributed by atoms with E-state index < -0.39 is 5.54 Å². The lowest BCUT2D eigenvalue weighted by Gasteiger charge is -2.25. The van der Waals surface area contributed by atoms with Crippen LogP contribution in [0.3, 0.4) is 0 Å². The molecule has 3 N–H and O–H groups in total. The molecule has 0 heterocycles. The SMILES string of the molecule is CNC(C)(CCSCC(C)C)C(N)=O. The number of likely N-dealkylation sites (N-methyl/N-ethyl adjacent to an activating group) is 1. The molecular formula is C10H22N2OS. The van der Waals surface area contributed by atoms with E-state index in [1.54, 1.807) is 7.05 Å². The zero-order valence-electron chi connectivity index (χ0n) is 9.59. The van der Waals surface area contributed by atoms with E-state index in [-0.39, 0.29) is 5.91 Å². The monoisotopic (exact) mass is 218 g/mol. The van der Waals surface area contributed by atoms with Crippen LogP contribution >= 0.6 is 11.8 Å². The molecule has 0 fully saturated rings. The Balaban J connectivity index is 3.79. The number of primary amides is 1. The van der Waals surface area contributed by atoms with E-state index in [0.717, 1.165) is 17.9 Å². The van der Waals surface area contributed by atoms with Gasteiger partial charge in [-0.05, 0) is 37.8 Å². The van der Waals surface area contributed by atoms with Gasteiger partial charge in [0.05, 0.1) is 5.54 Å². The average Bonchev–Trinajstić information content (AvgIpc) is 2.11. The maximum absolute atomic E-state index is 11.1. The molecule has 0 bridgehead atoms. The summed E-state index contributed by atoms with van der Waals surface area (Å²) >= 11 is 1.87. The van der Waals surface area contributed by atoms with Crippen molar-refractivity contribution in [2.24, 2.45) is 11.7 Å². The fourth-order valence-electron chi connectivity index (χ4n) is 0.967. The topological polar surface area (TPSA) is 55.1 Å². The van der Waals surface area contributed by atoms with E-state index in [0.29, 0.717) is 5.92 Å². The van der Waals surface area contributed by atoms with Gasteiger partial charge in [-0.2, -0.15) is 11.8 Å². The normalized spacial score (nSPS) is 15.5. The number of thioether (sulfide) groups is 1. The number of amides is 1. The Kier molecular flexibility index (Phi) is 6.20. The predicted octanol–water partition coefficient (Wildman–Crippen LogP) is 1.23. The first-order chi connectivity index (χ1) is 6.42. The van der Waals surface area contributed by atoms with E-state index >= 15 is 0 Å². The lowest BCUT2D eigenvalue weighted by atomic mass is 9.99. The molecule has 0 aliphatic carbocycles. The Hall–Kier alpha value is -0.220. The van der Waals surface area contributed by atoms with Crippen LogP contribution < -0.4 is 11.1 Å². The first kappa shape index (κ1) is 13.8. The largest absolute Gasteiger partial charge is 0.368 e. The molecule has 0 spiro atoms. The molecule has 3 nitrogen and oxygen atoms in total. The molecule has 0 aliphatic heterocycles. The van der Waals surface area contributed by atoms with Crippen molar-refractivity contribution in [3.8, 4) is 0 Å². The summed E-state index contributed by atoms with van der Waals surface area (Å²) in [5, 5.41) is 2.98. The fourth-order valence-corrected chi connectivity index (χ4v) is 2.16. The van der Waals surface area contributed by atoms with E-state index in [2.05, 4.69) is 19.2 Å². The van der Waals surface area contributed by atoms with Crippen molar-refractivity contribution in [1.29, 1.82) is 0 Å². The van der Waals surface area contributed by atoms with Crippen molar-refractivity contribution in [2.75, 3.05) is 18.6 Å². The minimum Gasteiger partial charge on any atom is -0.368 e. The van der Waals surface area contributed by atoms with E-state index in [9.17, 15) is 4.79 Å². The van der Waals surface area contributed by atoms with Crippen LogP contribution in [0.4, 0.5) is 0 Å². The number of carbonyl (C=O) groups excluding carboxylic acids is 1. The van der Waals surface area contributed by atoms with Gasteiger partial charge in [-0.1, -0.05) is 13.8 Å². The number of nitrogens with two attached hydrogens (primary N) is 1. The molecule has 1 unspecified atom stereocenters. The molecule has 14 heavy (non-hydrogen) atoms. The van der Waals surface area contributed by atoms with Gasteiger partial charge < -0.3 is 11.1 Å². The summed E-state index contributed by atoms with van der Waals surface area (Å²) in [5.41, 5.74) is 4.76. The second-order valence-corrected chi connectivity index (χ2v) is 5.31. The van der Waals surface area contributed by atoms with E-state index in [1.165, 1.54) is 0 Å². The van der Waals surface area contributed by atoms with Gasteiger partial charge in [0.2, 0.25) is 5.91 Å². The first-order valence-corrected chi connectivity index (χ1v) is 6.14. The second kappa shape index (κ2) is 6.30. The molecule has 4 heteroatoms. The van der Waals surface area contributed by atoms with Gasteiger partial charge in [-0.3, -0.25) is 4.79 Å². The number of rotatable bonds is 7. The Morgan fingerprint density at radius 1 is 1.57 bits per heavy atom. The molecule has 0 saturated heterocycles. The van der Waals surface area contributed by atoms with Crippen molar-refractivity contribution in [2.45, 2.75) is 32.7 Å². The molecule has 0 saturated carbocycles. The molecule has 0 aromatic rings. The quantitative estimate of drug-likeness (QED) is 0.632. The standard InChI is InChI=1S/C10H22N2OS/c1-8(2)7-14-6-5-10(3,12-4)9(11)13/h8,12H,5-7H2,1-4H3,(H2,11,13).